The Morgan fingerprint density at radius 1 is 1.58 bits per heavy atom. The van der Waals surface area contributed by atoms with Crippen LogP contribution < -0.4 is 5.32 Å². The van der Waals surface area contributed by atoms with E-state index in [4.69, 9.17) is 5.11 Å². The molecule has 19 heavy (non-hydrogen) atoms. The molecule has 1 heterocycles. The van der Waals surface area contributed by atoms with E-state index in [-0.39, 0.29) is 18.2 Å². The molecule has 1 aromatic heterocycles. The van der Waals surface area contributed by atoms with Crippen LogP contribution in [0.1, 0.15) is 25.0 Å². The molecule has 1 aromatic rings. The van der Waals surface area contributed by atoms with Crippen LogP contribution in [0.2, 0.25) is 0 Å². The maximum Gasteiger partial charge on any atom is 0.326 e. The number of rotatable bonds is 6. The van der Waals surface area contributed by atoms with Crippen molar-refractivity contribution in [1.29, 1.82) is 0 Å². The number of nitrogens with zero attached hydrogens (tertiary/aromatic N) is 1. The zero-order chi connectivity index (χ0) is 13.7. The van der Waals surface area contributed by atoms with Gasteiger partial charge < -0.3 is 15.4 Å². The molecule has 102 valence electrons. The quantitative estimate of drug-likeness (QED) is 0.664. The predicted octanol–water partition coefficient (Wildman–Crippen LogP) is 0.878. The van der Waals surface area contributed by atoms with Crippen molar-refractivity contribution >= 4 is 11.9 Å². The molecule has 0 bridgehead atoms. The van der Waals surface area contributed by atoms with Crippen molar-refractivity contribution in [1.82, 2.24) is 15.3 Å². The Kier molecular flexibility index (Phi) is 4.33. The minimum atomic E-state index is -1.04. The van der Waals surface area contributed by atoms with E-state index < -0.39 is 12.0 Å². The number of aromatic amines is 1. The van der Waals surface area contributed by atoms with Crippen molar-refractivity contribution in [3.63, 3.8) is 0 Å². The summed E-state index contributed by atoms with van der Waals surface area (Å²) < 4.78 is 0. The van der Waals surface area contributed by atoms with E-state index in [2.05, 4.69) is 21.4 Å². The van der Waals surface area contributed by atoms with Gasteiger partial charge >= 0.3 is 5.97 Å². The molecule has 3 N–H and O–H groups in total. The number of nitrogens with one attached hydrogen (secondary N) is 2. The van der Waals surface area contributed by atoms with Crippen molar-refractivity contribution in [2.24, 2.45) is 5.92 Å². The van der Waals surface area contributed by atoms with Crippen LogP contribution in [0.15, 0.2) is 24.7 Å². The van der Waals surface area contributed by atoms with Crippen molar-refractivity contribution < 1.29 is 14.7 Å². The van der Waals surface area contributed by atoms with Crippen LogP contribution in [0.25, 0.3) is 0 Å². The Labute approximate surface area is 110 Å². The number of aromatic nitrogens is 2. The maximum absolute atomic E-state index is 11.8. The molecular weight excluding hydrogens is 246 g/mol. The van der Waals surface area contributed by atoms with Crippen molar-refractivity contribution in [3.05, 3.63) is 30.4 Å². The SMILES string of the molecule is O=C(CC1C=CCC1)NC(Cc1cnc[nH]1)C(=O)O. The van der Waals surface area contributed by atoms with Gasteiger partial charge in [0.25, 0.3) is 0 Å². The van der Waals surface area contributed by atoms with Gasteiger partial charge in [0.2, 0.25) is 5.91 Å². The van der Waals surface area contributed by atoms with Gasteiger partial charge in [-0.15, -0.1) is 0 Å². The third kappa shape index (κ3) is 3.94. The van der Waals surface area contributed by atoms with Gasteiger partial charge in [0.1, 0.15) is 6.04 Å². The molecule has 0 saturated heterocycles. The van der Waals surface area contributed by atoms with Gasteiger partial charge in [-0.05, 0) is 18.8 Å². The number of hydrogen-bond acceptors (Lipinski definition) is 3. The average molecular weight is 263 g/mol. The van der Waals surface area contributed by atoms with Gasteiger partial charge in [0.05, 0.1) is 6.33 Å². The Bertz CT molecular complexity index is 467. The zero-order valence-electron chi connectivity index (χ0n) is 10.5. The number of imidazole rings is 1. The summed E-state index contributed by atoms with van der Waals surface area (Å²) in [7, 11) is 0. The monoisotopic (exact) mass is 263 g/mol. The van der Waals surface area contributed by atoms with Crippen molar-refractivity contribution in [2.75, 3.05) is 0 Å². The second-order valence-corrected chi connectivity index (χ2v) is 4.71. The zero-order valence-corrected chi connectivity index (χ0v) is 10.5. The van der Waals surface area contributed by atoms with E-state index in [1.807, 2.05) is 6.08 Å². The molecule has 6 nitrogen and oxygen atoms in total. The molecule has 1 aliphatic rings. The predicted molar refractivity (Wildman–Crippen MR) is 68.3 cm³/mol. The van der Waals surface area contributed by atoms with Crippen LogP contribution in [-0.4, -0.2) is 33.0 Å². The first kappa shape index (κ1) is 13.3. The molecule has 0 aliphatic heterocycles. The van der Waals surface area contributed by atoms with Crippen LogP contribution in [0.5, 0.6) is 0 Å². The van der Waals surface area contributed by atoms with E-state index in [0.29, 0.717) is 12.1 Å². The van der Waals surface area contributed by atoms with E-state index >= 15 is 0 Å². The summed E-state index contributed by atoms with van der Waals surface area (Å²) >= 11 is 0. The summed E-state index contributed by atoms with van der Waals surface area (Å²) in [6.07, 6.45) is 9.63. The summed E-state index contributed by atoms with van der Waals surface area (Å²) in [4.78, 5) is 29.6. The van der Waals surface area contributed by atoms with Gasteiger partial charge in [0.15, 0.2) is 0 Å². The lowest BCUT2D eigenvalue weighted by atomic mass is 10.0. The third-order valence-corrected chi connectivity index (χ3v) is 3.17. The molecule has 0 fully saturated rings. The molecule has 6 heteroatoms. The fourth-order valence-corrected chi connectivity index (χ4v) is 2.17. The summed E-state index contributed by atoms with van der Waals surface area (Å²) in [6.45, 7) is 0. The van der Waals surface area contributed by atoms with Crippen LogP contribution in [0.4, 0.5) is 0 Å². The summed E-state index contributed by atoms with van der Waals surface area (Å²) in [6, 6.07) is -0.918. The lowest BCUT2D eigenvalue weighted by Crippen LogP contribution is -2.42. The third-order valence-electron chi connectivity index (χ3n) is 3.17. The molecule has 2 unspecified atom stereocenters. The average Bonchev–Trinajstić information content (AvgIpc) is 3.00. The number of allylic oxidation sites excluding steroid dienone is 2. The lowest BCUT2D eigenvalue weighted by Gasteiger charge is -2.15. The number of amides is 1. The van der Waals surface area contributed by atoms with E-state index in [1.165, 1.54) is 6.33 Å². The highest BCUT2D eigenvalue weighted by Gasteiger charge is 2.22. The molecular formula is C13H17N3O3. The lowest BCUT2D eigenvalue weighted by molar-refractivity contribution is -0.141. The van der Waals surface area contributed by atoms with E-state index in [0.717, 1.165) is 12.8 Å². The number of H-pyrrole nitrogens is 1. The fourth-order valence-electron chi connectivity index (χ4n) is 2.17. The van der Waals surface area contributed by atoms with Crippen LogP contribution >= 0.6 is 0 Å². The van der Waals surface area contributed by atoms with Gasteiger partial charge in [-0.3, -0.25) is 4.79 Å². The van der Waals surface area contributed by atoms with Crippen LogP contribution in [0.3, 0.4) is 0 Å². The highest BCUT2D eigenvalue weighted by Crippen LogP contribution is 2.20. The Morgan fingerprint density at radius 3 is 3.00 bits per heavy atom. The molecule has 1 amide bonds. The smallest absolute Gasteiger partial charge is 0.326 e. The summed E-state index contributed by atoms with van der Waals surface area (Å²) in [5.41, 5.74) is 0.688. The van der Waals surface area contributed by atoms with Gasteiger partial charge in [0, 0.05) is 24.7 Å². The van der Waals surface area contributed by atoms with Crippen LogP contribution in [0, 0.1) is 5.92 Å². The normalized spacial score (nSPS) is 19.3. The largest absolute Gasteiger partial charge is 0.480 e. The first-order valence-electron chi connectivity index (χ1n) is 6.31. The number of aliphatic carboxylic acids is 1. The highest BCUT2D eigenvalue weighted by molar-refractivity contribution is 5.83. The Hall–Kier alpha value is -2.11. The van der Waals surface area contributed by atoms with E-state index in [1.54, 1.807) is 6.20 Å². The second kappa shape index (κ2) is 6.17. The minimum Gasteiger partial charge on any atom is -0.480 e. The van der Waals surface area contributed by atoms with Crippen LogP contribution in [-0.2, 0) is 16.0 Å². The van der Waals surface area contributed by atoms with Crippen molar-refractivity contribution in [3.8, 4) is 0 Å². The van der Waals surface area contributed by atoms with Gasteiger partial charge in [-0.2, -0.15) is 0 Å². The number of carbonyl (C=O) groups is 2. The number of carbonyl (C=O) groups excluding carboxylic acids is 1. The maximum atomic E-state index is 11.8. The highest BCUT2D eigenvalue weighted by atomic mass is 16.4. The van der Waals surface area contributed by atoms with Gasteiger partial charge in [-0.1, -0.05) is 12.2 Å². The van der Waals surface area contributed by atoms with Crippen molar-refractivity contribution in [2.45, 2.75) is 31.7 Å². The first-order chi connectivity index (χ1) is 9.15. The minimum absolute atomic E-state index is 0.210. The Balaban J connectivity index is 1.87. The molecule has 0 radical (unpaired) electrons. The summed E-state index contributed by atoms with van der Waals surface area (Å²) in [5.74, 6) is -1.02. The number of hydrogen-bond donors (Lipinski definition) is 3. The number of carboxylic acids is 1. The summed E-state index contributed by atoms with van der Waals surface area (Å²) in [5, 5.41) is 11.7. The molecule has 0 spiro atoms. The van der Waals surface area contributed by atoms with E-state index in [9.17, 15) is 9.59 Å². The van der Waals surface area contributed by atoms with Gasteiger partial charge in [-0.25, -0.2) is 9.78 Å². The fraction of sp³-hybridized carbons (Fsp3) is 0.462. The molecule has 0 aromatic carbocycles. The topological polar surface area (TPSA) is 95.1 Å². The molecule has 2 atom stereocenters. The first-order valence-corrected chi connectivity index (χ1v) is 6.31. The molecule has 0 saturated carbocycles. The Morgan fingerprint density at radius 2 is 2.42 bits per heavy atom. The standard InChI is InChI=1S/C13H17N3O3/c17-12(5-9-3-1-2-4-9)16-11(13(18)19)6-10-7-14-8-15-10/h1,3,7-9,11H,2,4-6H2,(H,14,15)(H,16,17)(H,18,19). The molecule has 2 rings (SSSR count). The number of carboxylic acid groups (broad SMARTS) is 1. The second-order valence-electron chi connectivity index (χ2n) is 4.71. The molecule has 1 aliphatic carbocycles.